The lowest BCUT2D eigenvalue weighted by Crippen LogP contribution is -2.42. The van der Waals surface area contributed by atoms with Gasteiger partial charge in [-0.2, -0.15) is 0 Å². The van der Waals surface area contributed by atoms with E-state index in [1.165, 1.54) is 58.0 Å². The highest BCUT2D eigenvalue weighted by Gasteiger charge is 2.45. The number of nitrogens with zero attached hydrogens (tertiary/aromatic N) is 2. The van der Waals surface area contributed by atoms with Crippen LogP contribution in [0.2, 0.25) is 0 Å². The molecule has 0 N–H and O–H groups in total. The lowest BCUT2D eigenvalue weighted by atomic mass is 9.94. The van der Waals surface area contributed by atoms with E-state index in [4.69, 9.17) is 0 Å². The van der Waals surface area contributed by atoms with Gasteiger partial charge in [0.25, 0.3) is 0 Å². The first-order chi connectivity index (χ1) is 9.37. The van der Waals surface area contributed by atoms with Crippen LogP contribution in [-0.4, -0.2) is 28.6 Å². The van der Waals surface area contributed by atoms with E-state index in [0.717, 1.165) is 35.8 Å². The van der Waals surface area contributed by atoms with Gasteiger partial charge in [0.2, 0.25) is 0 Å². The molecule has 104 valence electrons. The molecule has 4 bridgehead atoms. The predicted molar refractivity (Wildman–Crippen MR) is 76.2 cm³/mol. The zero-order chi connectivity index (χ0) is 12.4. The average Bonchev–Trinajstić information content (AvgIpc) is 3.20. The smallest absolute Gasteiger partial charge is 0.0899 e. The van der Waals surface area contributed by atoms with Crippen LogP contribution in [0.3, 0.4) is 0 Å². The van der Waals surface area contributed by atoms with Crippen LogP contribution >= 0.6 is 0 Å². The molecular weight excluding hydrogens is 232 g/mol. The van der Waals surface area contributed by atoms with E-state index in [-0.39, 0.29) is 0 Å². The van der Waals surface area contributed by atoms with Gasteiger partial charge in [0.15, 0.2) is 0 Å². The molecule has 5 aliphatic rings. The molecule has 5 rings (SSSR count). The SMILES string of the molecule is C1=CN(C2CC3CCC2C3)CN1C1CC2CCC1C2. The Morgan fingerprint density at radius 3 is 1.53 bits per heavy atom. The quantitative estimate of drug-likeness (QED) is 0.749. The van der Waals surface area contributed by atoms with Crippen molar-refractivity contribution >= 4 is 0 Å². The van der Waals surface area contributed by atoms with Gasteiger partial charge in [0, 0.05) is 24.5 Å². The molecular formula is C17H26N2. The van der Waals surface area contributed by atoms with Gasteiger partial charge in [-0.1, -0.05) is 12.8 Å². The van der Waals surface area contributed by atoms with E-state index < -0.39 is 0 Å². The van der Waals surface area contributed by atoms with E-state index >= 15 is 0 Å². The van der Waals surface area contributed by atoms with Crippen LogP contribution in [0.4, 0.5) is 0 Å². The molecule has 0 spiro atoms. The minimum absolute atomic E-state index is 0.888. The van der Waals surface area contributed by atoms with Crippen molar-refractivity contribution in [3.8, 4) is 0 Å². The summed E-state index contributed by atoms with van der Waals surface area (Å²) < 4.78 is 0. The molecule has 0 amide bonds. The Bertz CT molecular complexity index is 368. The van der Waals surface area contributed by atoms with E-state index in [1.807, 2.05) is 0 Å². The third-order valence-electron chi connectivity index (χ3n) is 7.03. The van der Waals surface area contributed by atoms with E-state index in [1.54, 1.807) is 0 Å². The van der Waals surface area contributed by atoms with Crippen molar-refractivity contribution in [3.63, 3.8) is 0 Å². The molecule has 4 fully saturated rings. The fraction of sp³-hybridized carbons (Fsp3) is 0.882. The van der Waals surface area contributed by atoms with Gasteiger partial charge in [-0.25, -0.2) is 0 Å². The van der Waals surface area contributed by atoms with Gasteiger partial charge < -0.3 is 9.80 Å². The summed E-state index contributed by atoms with van der Waals surface area (Å²) in [6.07, 6.45) is 16.9. The number of hydrogen-bond donors (Lipinski definition) is 0. The Kier molecular flexibility index (Phi) is 2.28. The van der Waals surface area contributed by atoms with Gasteiger partial charge in [-0.15, -0.1) is 0 Å². The van der Waals surface area contributed by atoms with Crippen LogP contribution in [0.25, 0.3) is 0 Å². The molecule has 2 nitrogen and oxygen atoms in total. The highest BCUT2D eigenvalue weighted by Crippen LogP contribution is 2.49. The van der Waals surface area contributed by atoms with Gasteiger partial charge in [-0.05, 0) is 62.2 Å². The first kappa shape index (κ1) is 11.0. The number of fused-ring (bicyclic) bond motifs is 4. The van der Waals surface area contributed by atoms with Crippen molar-refractivity contribution < 1.29 is 0 Å². The van der Waals surface area contributed by atoms with Crippen LogP contribution in [0.1, 0.15) is 51.4 Å². The molecule has 1 aliphatic heterocycles. The van der Waals surface area contributed by atoms with Gasteiger partial charge >= 0.3 is 0 Å². The Morgan fingerprint density at radius 2 is 1.16 bits per heavy atom. The molecule has 0 radical (unpaired) electrons. The van der Waals surface area contributed by atoms with Crippen molar-refractivity contribution in [3.05, 3.63) is 12.4 Å². The molecule has 2 heteroatoms. The monoisotopic (exact) mass is 258 g/mol. The maximum Gasteiger partial charge on any atom is 0.0899 e. The van der Waals surface area contributed by atoms with Crippen molar-refractivity contribution in [2.24, 2.45) is 23.7 Å². The van der Waals surface area contributed by atoms with Gasteiger partial charge in [-0.3, -0.25) is 0 Å². The average molecular weight is 258 g/mol. The van der Waals surface area contributed by atoms with E-state index in [0.29, 0.717) is 0 Å². The molecule has 6 unspecified atom stereocenters. The van der Waals surface area contributed by atoms with E-state index in [9.17, 15) is 0 Å². The zero-order valence-corrected chi connectivity index (χ0v) is 11.9. The number of hydrogen-bond acceptors (Lipinski definition) is 2. The molecule has 0 aromatic rings. The second-order valence-electron chi connectivity index (χ2n) is 7.95. The highest BCUT2D eigenvalue weighted by molar-refractivity contribution is 5.06. The standard InChI is InChI=1S/C17H26N2/c1-3-14-7-12(1)9-16(14)18-5-6-19(11-18)17-10-13-2-4-15(17)8-13/h5-6,12-17H,1-4,7-11H2. The first-order valence-corrected chi connectivity index (χ1v) is 8.56. The normalized spacial score (nSPS) is 50.9. The molecule has 0 aromatic carbocycles. The predicted octanol–water partition coefficient (Wildman–Crippen LogP) is 3.41. The molecule has 0 aromatic heterocycles. The Hall–Kier alpha value is -0.660. The summed E-state index contributed by atoms with van der Waals surface area (Å²) in [6, 6.07) is 1.78. The van der Waals surface area contributed by atoms with Crippen molar-refractivity contribution in [2.75, 3.05) is 6.67 Å². The summed E-state index contributed by atoms with van der Waals surface area (Å²) in [5, 5.41) is 0. The van der Waals surface area contributed by atoms with Crippen LogP contribution < -0.4 is 0 Å². The summed E-state index contributed by atoms with van der Waals surface area (Å²) in [7, 11) is 0. The Labute approximate surface area is 116 Å². The summed E-state index contributed by atoms with van der Waals surface area (Å²) in [5.74, 6) is 4.18. The Morgan fingerprint density at radius 1 is 0.632 bits per heavy atom. The van der Waals surface area contributed by atoms with Crippen LogP contribution in [-0.2, 0) is 0 Å². The van der Waals surface area contributed by atoms with Gasteiger partial charge in [0.1, 0.15) is 0 Å². The van der Waals surface area contributed by atoms with Gasteiger partial charge in [0.05, 0.1) is 6.67 Å². The largest absolute Gasteiger partial charge is 0.355 e. The van der Waals surface area contributed by atoms with E-state index in [2.05, 4.69) is 22.2 Å². The highest BCUT2D eigenvalue weighted by atomic mass is 15.4. The summed E-state index contributed by atoms with van der Waals surface area (Å²) in [5.41, 5.74) is 0. The summed E-state index contributed by atoms with van der Waals surface area (Å²) in [6.45, 7) is 1.21. The molecule has 4 saturated carbocycles. The lowest BCUT2D eigenvalue weighted by molar-refractivity contribution is 0.120. The number of rotatable bonds is 2. The van der Waals surface area contributed by atoms with Crippen LogP contribution in [0.15, 0.2) is 12.4 Å². The molecule has 1 heterocycles. The second-order valence-corrected chi connectivity index (χ2v) is 7.95. The van der Waals surface area contributed by atoms with Crippen molar-refractivity contribution in [1.82, 2.24) is 9.80 Å². The maximum absolute atomic E-state index is 2.69. The van der Waals surface area contributed by atoms with Crippen molar-refractivity contribution in [2.45, 2.75) is 63.5 Å². The maximum atomic E-state index is 2.69. The second kappa shape index (κ2) is 3.93. The zero-order valence-electron chi connectivity index (χ0n) is 11.9. The van der Waals surface area contributed by atoms with Crippen LogP contribution in [0, 0.1) is 23.7 Å². The van der Waals surface area contributed by atoms with Crippen LogP contribution in [0.5, 0.6) is 0 Å². The molecule has 0 saturated heterocycles. The molecule has 19 heavy (non-hydrogen) atoms. The topological polar surface area (TPSA) is 6.48 Å². The fourth-order valence-electron chi connectivity index (χ4n) is 6.12. The third-order valence-corrected chi connectivity index (χ3v) is 7.03. The fourth-order valence-corrected chi connectivity index (χ4v) is 6.12. The van der Waals surface area contributed by atoms with Crippen molar-refractivity contribution in [1.29, 1.82) is 0 Å². The summed E-state index contributed by atoms with van der Waals surface area (Å²) >= 11 is 0. The molecule has 6 atom stereocenters. The minimum atomic E-state index is 0.888. The first-order valence-electron chi connectivity index (χ1n) is 8.56. The third kappa shape index (κ3) is 1.61. The minimum Gasteiger partial charge on any atom is -0.355 e. The Balaban J connectivity index is 1.26. The lowest BCUT2D eigenvalue weighted by Gasteiger charge is -2.36. The summed E-state index contributed by atoms with van der Waals surface area (Å²) in [4.78, 5) is 5.38. The molecule has 4 aliphatic carbocycles.